The Bertz CT molecular complexity index is 301. The van der Waals surface area contributed by atoms with Gasteiger partial charge in [0.2, 0.25) is 11.8 Å². The van der Waals surface area contributed by atoms with Gasteiger partial charge in [0.15, 0.2) is 0 Å². The average Bonchev–Trinajstić information content (AvgIpc) is 2.85. The van der Waals surface area contributed by atoms with Crippen molar-refractivity contribution >= 4 is 11.8 Å². The van der Waals surface area contributed by atoms with E-state index in [2.05, 4.69) is 6.92 Å². The predicted octanol–water partition coefficient (Wildman–Crippen LogP) is 1.14. The molecule has 2 rings (SSSR count). The Balaban J connectivity index is 2.16. The van der Waals surface area contributed by atoms with Crippen LogP contribution in [0, 0.1) is 17.8 Å². The van der Waals surface area contributed by atoms with Crippen molar-refractivity contribution in [1.29, 1.82) is 0 Å². The van der Waals surface area contributed by atoms with Crippen molar-refractivity contribution in [3.8, 4) is 0 Å². The van der Waals surface area contributed by atoms with Gasteiger partial charge < -0.3 is 5.73 Å². The Hall–Kier alpha value is -0.900. The van der Waals surface area contributed by atoms with Crippen LogP contribution >= 0.6 is 0 Å². The molecule has 0 radical (unpaired) electrons. The van der Waals surface area contributed by atoms with Crippen molar-refractivity contribution in [1.82, 2.24) is 4.90 Å². The van der Waals surface area contributed by atoms with Gasteiger partial charge >= 0.3 is 0 Å². The first kappa shape index (κ1) is 12.6. The normalized spacial score (nSPS) is 34.3. The second-order valence-electron chi connectivity index (χ2n) is 5.30. The molecule has 2 aliphatic rings. The van der Waals surface area contributed by atoms with Crippen LogP contribution in [-0.2, 0) is 9.59 Å². The fourth-order valence-electron chi connectivity index (χ4n) is 3.30. The summed E-state index contributed by atoms with van der Waals surface area (Å²) in [7, 11) is 0. The molecular weight excluding hydrogens is 216 g/mol. The first-order valence-electron chi connectivity index (χ1n) is 6.70. The molecule has 0 bridgehead atoms. The molecule has 96 valence electrons. The van der Waals surface area contributed by atoms with E-state index >= 15 is 0 Å². The third-order valence-corrected chi connectivity index (χ3v) is 4.46. The van der Waals surface area contributed by atoms with Gasteiger partial charge in [-0.2, -0.15) is 0 Å². The largest absolute Gasteiger partial charge is 0.328 e. The Kier molecular flexibility index (Phi) is 3.52. The van der Waals surface area contributed by atoms with Crippen LogP contribution in [0.3, 0.4) is 0 Å². The van der Waals surface area contributed by atoms with Gasteiger partial charge in [0.05, 0.1) is 17.9 Å². The highest BCUT2D eigenvalue weighted by atomic mass is 16.2. The monoisotopic (exact) mass is 238 g/mol. The fraction of sp³-hybridized carbons (Fsp3) is 0.846. The summed E-state index contributed by atoms with van der Waals surface area (Å²) in [4.78, 5) is 26.0. The number of hydrogen-bond acceptors (Lipinski definition) is 3. The van der Waals surface area contributed by atoms with Crippen molar-refractivity contribution in [2.75, 3.05) is 6.54 Å². The Morgan fingerprint density at radius 1 is 1.24 bits per heavy atom. The maximum Gasteiger partial charge on any atom is 0.233 e. The van der Waals surface area contributed by atoms with Crippen molar-refractivity contribution in [3.63, 3.8) is 0 Å². The van der Waals surface area contributed by atoms with Crippen LogP contribution in [0.5, 0.6) is 0 Å². The molecule has 0 spiro atoms. The molecule has 17 heavy (non-hydrogen) atoms. The van der Waals surface area contributed by atoms with Gasteiger partial charge in [0.1, 0.15) is 0 Å². The number of rotatable bonds is 4. The van der Waals surface area contributed by atoms with Crippen molar-refractivity contribution in [2.24, 2.45) is 23.5 Å². The minimum Gasteiger partial charge on any atom is -0.328 e. The smallest absolute Gasteiger partial charge is 0.233 e. The van der Waals surface area contributed by atoms with Gasteiger partial charge in [-0.3, -0.25) is 14.5 Å². The molecule has 1 saturated carbocycles. The number of likely N-dealkylation sites (tertiary alicyclic amines) is 1. The number of nitrogens with zero attached hydrogens (tertiary/aromatic N) is 1. The molecule has 1 aliphatic heterocycles. The number of nitrogens with two attached hydrogens (primary N) is 1. The van der Waals surface area contributed by atoms with Gasteiger partial charge in [0.25, 0.3) is 0 Å². The number of hydrogen-bond donors (Lipinski definition) is 1. The van der Waals surface area contributed by atoms with E-state index in [1.54, 1.807) is 0 Å². The molecular formula is C13H22N2O2. The second-order valence-corrected chi connectivity index (χ2v) is 5.30. The van der Waals surface area contributed by atoms with E-state index in [0.29, 0.717) is 12.5 Å². The van der Waals surface area contributed by atoms with Crippen LogP contribution in [-0.4, -0.2) is 29.3 Å². The minimum atomic E-state index is -0.0966. The fourth-order valence-corrected chi connectivity index (χ4v) is 3.30. The zero-order valence-corrected chi connectivity index (χ0v) is 10.7. The van der Waals surface area contributed by atoms with Crippen LogP contribution < -0.4 is 5.73 Å². The summed E-state index contributed by atoms with van der Waals surface area (Å²) in [5.41, 5.74) is 5.65. The molecule has 1 saturated heterocycles. The molecule has 2 fully saturated rings. The third kappa shape index (κ3) is 1.88. The third-order valence-electron chi connectivity index (χ3n) is 4.46. The molecule has 3 unspecified atom stereocenters. The van der Waals surface area contributed by atoms with Crippen molar-refractivity contribution in [3.05, 3.63) is 0 Å². The number of carbonyl (C=O) groups is 2. The van der Waals surface area contributed by atoms with Gasteiger partial charge in [-0.1, -0.05) is 20.3 Å². The molecule has 1 aliphatic carbocycles. The summed E-state index contributed by atoms with van der Waals surface area (Å²) < 4.78 is 0. The predicted molar refractivity (Wildman–Crippen MR) is 65.0 cm³/mol. The maximum atomic E-state index is 12.3. The zero-order valence-electron chi connectivity index (χ0n) is 10.7. The van der Waals surface area contributed by atoms with Crippen LogP contribution in [0.15, 0.2) is 0 Å². The lowest BCUT2D eigenvalue weighted by molar-refractivity contribution is -0.143. The van der Waals surface area contributed by atoms with Gasteiger partial charge in [0, 0.05) is 6.54 Å². The summed E-state index contributed by atoms with van der Waals surface area (Å²) in [6.07, 6.45) is 3.61. The SMILES string of the molecule is CCC1CC2C(=O)N(C(CC)CN)C(=O)C2C1. The quantitative estimate of drug-likeness (QED) is 0.747. The molecule has 0 aromatic heterocycles. The van der Waals surface area contributed by atoms with E-state index in [1.807, 2.05) is 6.92 Å². The summed E-state index contributed by atoms with van der Waals surface area (Å²) in [5, 5.41) is 0. The second kappa shape index (κ2) is 4.77. The Morgan fingerprint density at radius 3 is 2.12 bits per heavy atom. The first-order chi connectivity index (χ1) is 8.13. The van der Waals surface area contributed by atoms with Gasteiger partial charge in [-0.05, 0) is 25.2 Å². The maximum absolute atomic E-state index is 12.3. The van der Waals surface area contributed by atoms with Crippen molar-refractivity contribution < 1.29 is 9.59 Å². The summed E-state index contributed by atoms with van der Waals surface area (Å²) in [6, 6.07) is -0.0966. The van der Waals surface area contributed by atoms with E-state index in [4.69, 9.17) is 5.73 Å². The van der Waals surface area contributed by atoms with E-state index in [0.717, 1.165) is 25.7 Å². The molecule has 2 amide bonds. The Labute approximate surface area is 103 Å². The van der Waals surface area contributed by atoms with E-state index in [-0.39, 0.29) is 29.7 Å². The first-order valence-corrected chi connectivity index (χ1v) is 6.70. The summed E-state index contributed by atoms with van der Waals surface area (Å²) in [5.74, 6) is 0.528. The number of imide groups is 1. The molecule has 4 heteroatoms. The molecule has 2 N–H and O–H groups in total. The number of fused-ring (bicyclic) bond motifs is 1. The lowest BCUT2D eigenvalue weighted by Gasteiger charge is -2.25. The number of carbonyl (C=O) groups excluding carboxylic acids is 2. The number of amides is 2. The van der Waals surface area contributed by atoms with Crippen LogP contribution in [0.25, 0.3) is 0 Å². The average molecular weight is 238 g/mol. The highest BCUT2D eigenvalue weighted by Crippen LogP contribution is 2.44. The zero-order chi connectivity index (χ0) is 12.6. The standard InChI is InChI=1S/C13H22N2O2/c1-3-8-5-10-11(6-8)13(17)15(12(10)16)9(4-2)7-14/h8-11H,3-7,14H2,1-2H3. The molecule has 0 aromatic carbocycles. The van der Waals surface area contributed by atoms with E-state index in [9.17, 15) is 9.59 Å². The highest BCUT2D eigenvalue weighted by molar-refractivity contribution is 6.05. The lowest BCUT2D eigenvalue weighted by Crippen LogP contribution is -2.45. The minimum absolute atomic E-state index is 0.0354. The van der Waals surface area contributed by atoms with Crippen LogP contribution in [0.2, 0.25) is 0 Å². The van der Waals surface area contributed by atoms with Crippen LogP contribution in [0.4, 0.5) is 0 Å². The summed E-state index contributed by atoms with van der Waals surface area (Å²) in [6.45, 7) is 4.48. The van der Waals surface area contributed by atoms with E-state index < -0.39 is 0 Å². The van der Waals surface area contributed by atoms with Crippen LogP contribution in [0.1, 0.15) is 39.5 Å². The lowest BCUT2D eigenvalue weighted by atomic mass is 10.00. The molecule has 0 aromatic rings. The highest BCUT2D eigenvalue weighted by Gasteiger charge is 2.53. The van der Waals surface area contributed by atoms with E-state index in [1.165, 1.54) is 4.90 Å². The van der Waals surface area contributed by atoms with Crippen molar-refractivity contribution in [2.45, 2.75) is 45.6 Å². The molecule has 4 nitrogen and oxygen atoms in total. The summed E-state index contributed by atoms with van der Waals surface area (Å²) >= 11 is 0. The molecule has 1 heterocycles. The van der Waals surface area contributed by atoms with Gasteiger partial charge in [-0.15, -0.1) is 0 Å². The Morgan fingerprint density at radius 2 is 1.76 bits per heavy atom. The topological polar surface area (TPSA) is 63.4 Å². The van der Waals surface area contributed by atoms with Gasteiger partial charge in [-0.25, -0.2) is 0 Å². The molecule has 3 atom stereocenters.